The first-order chi connectivity index (χ1) is 6.52. The highest BCUT2D eigenvalue weighted by atomic mass is 16.4. The summed E-state index contributed by atoms with van der Waals surface area (Å²) in [7, 11) is 3.57. The predicted molar refractivity (Wildman–Crippen MR) is 48.0 cm³/mol. The fourth-order valence-corrected chi connectivity index (χ4v) is 1.07. The molecule has 0 spiro atoms. The summed E-state index contributed by atoms with van der Waals surface area (Å²) >= 11 is 0. The first kappa shape index (κ1) is 10.5. The molecule has 0 saturated heterocycles. The maximum absolute atomic E-state index is 11.5. The van der Waals surface area contributed by atoms with Gasteiger partial charge in [-0.05, 0) is 20.2 Å². The lowest BCUT2D eigenvalue weighted by Gasteiger charge is -2.17. The zero-order chi connectivity index (χ0) is 10.7. The molecule has 1 aromatic rings. The molecular weight excluding hydrogens is 184 g/mol. The van der Waals surface area contributed by atoms with Crippen LogP contribution in [-0.2, 0) is 6.54 Å². The van der Waals surface area contributed by atoms with Crippen molar-refractivity contribution >= 4 is 5.97 Å². The van der Waals surface area contributed by atoms with E-state index in [2.05, 4.69) is 4.98 Å². The average Bonchev–Trinajstić information content (AvgIpc) is 2.07. The molecule has 0 unspecified atom stereocenters. The number of aromatic carboxylic acids is 1. The van der Waals surface area contributed by atoms with E-state index in [1.165, 1.54) is 12.3 Å². The van der Waals surface area contributed by atoms with Crippen LogP contribution >= 0.6 is 0 Å². The van der Waals surface area contributed by atoms with Crippen molar-refractivity contribution in [3.8, 4) is 5.75 Å². The van der Waals surface area contributed by atoms with E-state index in [0.29, 0.717) is 6.54 Å². The predicted octanol–water partition coefficient (Wildman–Crippen LogP) is -0.0850. The summed E-state index contributed by atoms with van der Waals surface area (Å²) in [5.74, 6) is -1.72. The van der Waals surface area contributed by atoms with Gasteiger partial charge in [0.1, 0.15) is 0 Å². The second-order valence-electron chi connectivity index (χ2n) is 3.18. The summed E-state index contributed by atoms with van der Waals surface area (Å²) in [6, 6.07) is 1.21. The molecule has 0 aromatic carbocycles. The molecule has 0 aliphatic rings. The van der Waals surface area contributed by atoms with Crippen molar-refractivity contribution in [2.75, 3.05) is 14.1 Å². The Hall–Kier alpha value is -1.62. The lowest BCUT2D eigenvalue weighted by molar-refractivity contribution is -0.270. The quantitative estimate of drug-likeness (QED) is 0.729. The number of carboxylic acid groups (broad SMARTS) is 1. The van der Waals surface area contributed by atoms with E-state index in [1.54, 1.807) is 19.0 Å². The summed E-state index contributed by atoms with van der Waals surface area (Å²) in [6.45, 7) is 0.347. The molecule has 5 heteroatoms. The van der Waals surface area contributed by atoms with Gasteiger partial charge in [0.2, 0.25) is 0 Å². The van der Waals surface area contributed by atoms with Crippen LogP contribution in [0.3, 0.4) is 0 Å². The molecule has 0 fully saturated rings. The number of hydrogen-bond donors (Lipinski definition) is 1. The molecule has 0 radical (unpaired) electrons. The van der Waals surface area contributed by atoms with E-state index in [0.717, 1.165) is 0 Å². The summed E-state index contributed by atoms with van der Waals surface area (Å²) in [6.07, 6.45) is 1.34. The highest BCUT2D eigenvalue weighted by molar-refractivity contribution is 5.90. The highest BCUT2D eigenvalue weighted by Gasteiger charge is 2.07. The number of pyridine rings is 1. The molecule has 0 saturated carbocycles. The molecule has 1 rings (SSSR count). The second kappa shape index (κ2) is 4.06. The number of hydrogen-bond acceptors (Lipinski definition) is 4. The normalized spacial score (nSPS) is 10.5. The van der Waals surface area contributed by atoms with Gasteiger partial charge in [-0.3, -0.25) is 4.98 Å². The molecule has 1 heterocycles. The van der Waals surface area contributed by atoms with E-state index in [9.17, 15) is 9.90 Å². The topological polar surface area (TPSA) is 76.5 Å². The first-order valence-corrected chi connectivity index (χ1v) is 4.05. The lowest BCUT2D eigenvalue weighted by Crippen LogP contribution is -2.16. The molecule has 76 valence electrons. The Balaban J connectivity index is 3.07. The molecule has 1 aromatic heterocycles. The van der Waals surface area contributed by atoms with Crippen molar-refractivity contribution in [2.45, 2.75) is 6.54 Å². The Labute approximate surface area is 81.6 Å². The third-order valence-electron chi connectivity index (χ3n) is 1.67. The summed E-state index contributed by atoms with van der Waals surface area (Å²) in [4.78, 5) is 16.2. The van der Waals surface area contributed by atoms with Crippen molar-refractivity contribution in [1.29, 1.82) is 0 Å². The fraction of sp³-hybridized carbons (Fsp3) is 0.333. The van der Waals surface area contributed by atoms with Crippen molar-refractivity contribution < 1.29 is 15.0 Å². The number of nitrogens with zero attached hydrogens (tertiary/aromatic N) is 2. The molecule has 0 amide bonds. The molecular formula is C9H11N2O3-. The van der Waals surface area contributed by atoms with Crippen LogP contribution in [-0.4, -0.2) is 35.1 Å². The SMILES string of the molecule is CN(C)Cc1nccc(C(=O)O)c1[O-]. The van der Waals surface area contributed by atoms with Crippen LogP contribution in [0, 0.1) is 0 Å². The van der Waals surface area contributed by atoms with Crippen LogP contribution in [0.4, 0.5) is 0 Å². The largest absolute Gasteiger partial charge is 0.871 e. The molecule has 0 aliphatic heterocycles. The van der Waals surface area contributed by atoms with Crippen LogP contribution < -0.4 is 5.11 Å². The van der Waals surface area contributed by atoms with Crippen LogP contribution in [0.1, 0.15) is 16.1 Å². The van der Waals surface area contributed by atoms with E-state index in [4.69, 9.17) is 5.11 Å². The van der Waals surface area contributed by atoms with Crippen molar-refractivity contribution in [2.24, 2.45) is 0 Å². The van der Waals surface area contributed by atoms with E-state index < -0.39 is 11.7 Å². The second-order valence-corrected chi connectivity index (χ2v) is 3.18. The fourth-order valence-electron chi connectivity index (χ4n) is 1.07. The monoisotopic (exact) mass is 195 g/mol. The molecule has 0 bridgehead atoms. The molecule has 14 heavy (non-hydrogen) atoms. The zero-order valence-corrected chi connectivity index (χ0v) is 8.02. The number of rotatable bonds is 3. The molecule has 0 aliphatic carbocycles. The Kier molecular flexibility index (Phi) is 3.03. The Morgan fingerprint density at radius 3 is 2.79 bits per heavy atom. The maximum Gasteiger partial charge on any atom is 0.335 e. The van der Waals surface area contributed by atoms with E-state index in [1.807, 2.05) is 0 Å². The minimum atomic E-state index is -1.21. The number of aromatic nitrogens is 1. The molecule has 0 atom stereocenters. The van der Waals surface area contributed by atoms with Crippen LogP contribution in [0.25, 0.3) is 0 Å². The molecule has 5 nitrogen and oxygen atoms in total. The van der Waals surface area contributed by atoms with Gasteiger partial charge in [-0.15, -0.1) is 0 Å². The summed E-state index contributed by atoms with van der Waals surface area (Å²) < 4.78 is 0. The van der Waals surface area contributed by atoms with Gasteiger partial charge < -0.3 is 15.1 Å². The summed E-state index contributed by atoms with van der Waals surface area (Å²) in [5, 5.41) is 20.2. The average molecular weight is 195 g/mol. The van der Waals surface area contributed by atoms with Gasteiger partial charge in [-0.2, -0.15) is 0 Å². The van der Waals surface area contributed by atoms with Gasteiger partial charge in [0.05, 0.1) is 5.56 Å². The van der Waals surface area contributed by atoms with Gasteiger partial charge in [0, 0.05) is 18.4 Å². The first-order valence-electron chi connectivity index (χ1n) is 4.05. The van der Waals surface area contributed by atoms with Crippen molar-refractivity contribution in [1.82, 2.24) is 9.88 Å². The van der Waals surface area contributed by atoms with E-state index in [-0.39, 0.29) is 11.3 Å². The lowest BCUT2D eigenvalue weighted by atomic mass is 10.2. The minimum absolute atomic E-state index is 0.225. The van der Waals surface area contributed by atoms with Crippen molar-refractivity contribution in [3.05, 3.63) is 23.5 Å². The number of carbonyl (C=O) groups is 1. The standard InChI is InChI=1S/C9H12N2O3/c1-11(2)5-7-8(12)6(9(13)14)3-4-10-7/h3-4,12H,5H2,1-2H3,(H,13,14)/p-1. The number of carboxylic acids is 1. The van der Waals surface area contributed by atoms with Gasteiger partial charge in [-0.1, -0.05) is 5.75 Å². The Morgan fingerprint density at radius 1 is 1.64 bits per heavy atom. The van der Waals surface area contributed by atoms with Crippen molar-refractivity contribution in [3.63, 3.8) is 0 Å². The zero-order valence-electron chi connectivity index (χ0n) is 8.02. The van der Waals surface area contributed by atoms with Crippen LogP contribution in [0.2, 0.25) is 0 Å². The van der Waals surface area contributed by atoms with Crippen LogP contribution in [0.5, 0.6) is 5.75 Å². The maximum atomic E-state index is 11.5. The smallest absolute Gasteiger partial charge is 0.335 e. The van der Waals surface area contributed by atoms with Crippen LogP contribution in [0.15, 0.2) is 12.3 Å². The van der Waals surface area contributed by atoms with Gasteiger partial charge in [0.15, 0.2) is 0 Å². The highest BCUT2D eigenvalue weighted by Crippen LogP contribution is 2.17. The van der Waals surface area contributed by atoms with Gasteiger partial charge >= 0.3 is 5.97 Å². The third kappa shape index (κ3) is 2.20. The van der Waals surface area contributed by atoms with E-state index >= 15 is 0 Å². The Bertz CT molecular complexity index is 350. The van der Waals surface area contributed by atoms with Gasteiger partial charge in [-0.25, -0.2) is 4.79 Å². The minimum Gasteiger partial charge on any atom is -0.871 e. The summed E-state index contributed by atoms with van der Waals surface area (Å²) in [5.41, 5.74) is 0.0340. The third-order valence-corrected chi connectivity index (χ3v) is 1.67. The Morgan fingerprint density at radius 2 is 2.29 bits per heavy atom. The van der Waals surface area contributed by atoms with Gasteiger partial charge in [0.25, 0.3) is 0 Å². The molecule has 1 N–H and O–H groups in total.